The first-order chi connectivity index (χ1) is 9.52. The summed E-state index contributed by atoms with van der Waals surface area (Å²) >= 11 is 0. The lowest BCUT2D eigenvalue weighted by molar-refractivity contribution is 0.0983. The second-order valence-electron chi connectivity index (χ2n) is 4.20. The third-order valence-corrected chi connectivity index (χ3v) is 2.81. The molecule has 4 nitrogen and oxygen atoms in total. The van der Waals surface area contributed by atoms with Gasteiger partial charge < -0.3 is 4.74 Å². The van der Waals surface area contributed by atoms with Gasteiger partial charge in [0, 0.05) is 6.07 Å². The molecule has 1 aromatic carbocycles. The molecule has 0 saturated heterocycles. The summed E-state index contributed by atoms with van der Waals surface area (Å²) in [6.45, 7) is 1.47. The summed E-state index contributed by atoms with van der Waals surface area (Å²) in [5, 5.41) is 0. The van der Waals surface area contributed by atoms with Crippen molar-refractivity contribution in [2.24, 2.45) is 0 Å². The number of aryl methyl sites for hydroxylation is 1. The molecule has 0 amide bonds. The molecule has 1 heterocycles. The number of Topliss-reactive ketones (excluding diaryl/α,β-unsaturated/α-hetero) is 1. The van der Waals surface area contributed by atoms with Crippen LogP contribution >= 0.6 is 0 Å². The molecule has 2 aromatic rings. The van der Waals surface area contributed by atoms with Gasteiger partial charge in [-0.1, -0.05) is 6.07 Å². The number of rotatable bonds is 4. The van der Waals surface area contributed by atoms with Gasteiger partial charge in [-0.2, -0.15) is 0 Å². The van der Waals surface area contributed by atoms with E-state index in [1.54, 1.807) is 0 Å². The van der Waals surface area contributed by atoms with Gasteiger partial charge in [0.25, 0.3) is 0 Å². The Labute approximate surface area is 114 Å². The van der Waals surface area contributed by atoms with E-state index in [0.717, 1.165) is 6.07 Å². The van der Waals surface area contributed by atoms with Gasteiger partial charge in [-0.15, -0.1) is 0 Å². The molecule has 0 aliphatic heterocycles. The van der Waals surface area contributed by atoms with Crippen LogP contribution in [-0.4, -0.2) is 22.9 Å². The zero-order valence-corrected chi connectivity index (χ0v) is 11.0. The Bertz CT molecular complexity index is 660. The van der Waals surface area contributed by atoms with E-state index in [1.807, 2.05) is 0 Å². The normalized spacial score (nSPS) is 10.4. The lowest BCUT2D eigenvalue weighted by atomic mass is 10.0. The maximum atomic E-state index is 13.8. The minimum Gasteiger partial charge on any atom is -0.481 e. The average molecular weight is 278 g/mol. The second-order valence-corrected chi connectivity index (χ2v) is 4.20. The molecular weight excluding hydrogens is 266 g/mol. The van der Waals surface area contributed by atoms with Crippen molar-refractivity contribution < 1.29 is 18.3 Å². The van der Waals surface area contributed by atoms with Crippen molar-refractivity contribution in [3.8, 4) is 5.88 Å². The summed E-state index contributed by atoms with van der Waals surface area (Å²) in [5.74, 6) is -2.10. The fourth-order valence-corrected chi connectivity index (χ4v) is 1.75. The van der Waals surface area contributed by atoms with Gasteiger partial charge in [-0.3, -0.25) is 4.79 Å². The topological polar surface area (TPSA) is 52.1 Å². The molecule has 0 N–H and O–H groups in total. The molecule has 0 aliphatic rings. The first kappa shape index (κ1) is 14.0. The van der Waals surface area contributed by atoms with E-state index in [0.29, 0.717) is 5.69 Å². The van der Waals surface area contributed by atoms with Gasteiger partial charge in [0.05, 0.1) is 24.8 Å². The molecule has 0 fully saturated rings. The van der Waals surface area contributed by atoms with Crippen LogP contribution < -0.4 is 4.74 Å². The van der Waals surface area contributed by atoms with Crippen LogP contribution in [-0.2, 0) is 6.42 Å². The summed E-state index contributed by atoms with van der Waals surface area (Å²) in [7, 11) is 1.42. The van der Waals surface area contributed by atoms with E-state index in [-0.39, 0.29) is 17.9 Å². The quantitative estimate of drug-likeness (QED) is 0.806. The molecule has 0 atom stereocenters. The molecule has 0 spiro atoms. The van der Waals surface area contributed by atoms with Crippen molar-refractivity contribution in [2.75, 3.05) is 7.11 Å². The molecule has 0 bridgehead atoms. The van der Waals surface area contributed by atoms with Crippen LogP contribution in [0.25, 0.3) is 0 Å². The number of nitrogens with zero attached hydrogens (tertiary/aromatic N) is 2. The fourth-order valence-electron chi connectivity index (χ4n) is 1.75. The smallest absolute Gasteiger partial charge is 0.216 e. The van der Waals surface area contributed by atoms with Crippen LogP contribution in [0.15, 0.2) is 24.5 Å². The Morgan fingerprint density at radius 1 is 1.30 bits per heavy atom. The predicted octanol–water partition coefficient (Wildman–Crippen LogP) is 2.50. The van der Waals surface area contributed by atoms with Crippen molar-refractivity contribution in [2.45, 2.75) is 13.3 Å². The number of carbonyl (C=O) groups excluding carboxylic acids is 1. The summed E-state index contributed by atoms with van der Waals surface area (Å²) in [5.41, 5.74) is 0.0137. The van der Waals surface area contributed by atoms with E-state index in [2.05, 4.69) is 9.97 Å². The average Bonchev–Trinajstić information content (AvgIpc) is 2.43. The third kappa shape index (κ3) is 2.79. The van der Waals surface area contributed by atoms with Gasteiger partial charge in [0.2, 0.25) is 5.88 Å². The largest absolute Gasteiger partial charge is 0.481 e. The van der Waals surface area contributed by atoms with E-state index in [4.69, 9.17) is 4.74 Å². The predicted molar refractivity (Wildman–Crippen MR) is 67.7 cm³/mol. The van der Waals surface area contributed by atoms with Gasteiger partial charge >= 0.3 is 0 Å². The molecule has 0 aliphatic carbocycles. The van der Waals surface area contributed by atoms with Crippen molar-refractivity contribution >= 4 is 5.78 Å². The Kier molecular flexibility index (Phi) is 4.02. The van der Waals surface area contributed by atoms with Gasteiger partial charge in [0.1, 0.15) is 18.0 Å². The lowest BCUT2D eigenvalue weighted by Crippen LogP contribution is -2.11. The SMILES string of the molecule is COc1cc(CC(=O)c2c(F)ccc(C)c2F)ncn1. The number of carbonyl (C=O) groups is 1. The third-order valence-electron chi connectivity index (χ3n) is 2.81. The number of halogens is 2. The Morgan fingerprint density at radius 3 is 2.75 bits per heavy atom. The van der Waals surface area contributed by atoms with Crippen LogP contribution in [0.3, 0.4) is 0 Å². The zero-order chi connectivity index (χ0) is 14.7. The summed E-state index contributed by atoms with van der Waals surface area (Å²) < 4.78 is 32.4. The van der Waals surface area contributed by atoms with E-state index in [9.17, 15) is 13.6 Å². The molecule has 6 heteroatoms. The molecular formula is C14H12F2N2O2. The number of ether oxygens (including phenoxy) is 1. The van der Waals surface area contributed by atoms with Crippen LogP contribution in [0, 0.1) is 18.6 Å². The summed E-state index contributed by atoms with van der Waals surface area (Å²) in [6.07, 6.45) is 1.00. The Morgan fingerprint density at radius 2 is 2.05 bits per heavy atom. The lowest BCUT2D eigenvalue weighted by Gasteiger charge is -2.06. The van der Waals surface area contributed by atoms with Crippen LogP contribution in [0.5, 0.6) is 5.88 Å². The fraction of sp³-hybridized carbons (Fsp3) is 0.214. The minimum absolute atomic E-state index is 0.218. The highest BCUT2D eigenvalue weighted by Gasteiger charge is 2.19. The zero-order valence-electron chi connectivity index (χ0n) is 11.0. The molecule has 104 valence electrons. The first-order valence-electron chi connectivity index (χ1n) is 5.85. The summed E-state index contributed by atoms with van der Waals surface area (Å²) in [4.78, 5) is 19.7. The molecule has 1 aromatic heterocycles. The summed E-state index contributed by atoms with van der Waals surface area (Å²) in [6, 6.07) is 3.81. The van der Waals surface area contributed by atoms with Crippen molar-refractivity contribution in [3.05, 3.63) is 53.0 Å². The highest BCUT2D eigenvalue weighted by molar-refractivity contribution is 5.98. The molecule has 0 radical (unpaired) electrons. The molecule has 0 unspecified atom stereocenters. The van der Waals surface area contributed by atoms with Crippen molar-refractivity contribution in [1.82, 2.24) is 9.97 Å². The van der Waals surface area contributed by atoms with E-state index < -0.39 is 23.0 Å². The number of methoxy groups -OCH3 is 1. The maximum Gasteiger partial charge on any atom is 0.216 e. The Balaban J connectivity index is 2.31. The second kappa shape index (κ2) is 5.73. The highest BCUT2D eigenvalue weighted by Crippen LogP contribution is 2.18. The van der Waals surface area contributed by atoms with E-state index >= 15 is 0 Å². The van der Waals surface area contributed by atoms with Gasteiger partial charge in [0.15, 0.2) is 5.78 Å². The Hall–Kier alpha value is -2.37. The monoisotopic (exact) mass is 278 g/mol. The van der Waals surface area contributed by atoms with Crippen LogP contribution in [0.2, 0.25) is 0 Å². The minimum atomic E-state index is -0.876. The van der Waals surface area contributed by atoms with Crippen molar-refractivity contribution in [3.63, 3.8) is 0 Å². The first-order valence-corrected chi connectivity index (χ1v) is 5.85. The number of benzene rings is 1. The number of ketones is 1. The molecule has 20 heavy (non-hydrogen) atoms. The standard InChI is InChI=1S/C14H12F2N2O2/c1-8-3-4-10(15)13(14(8)16)11(19)5-9-6-12(20-2)18-7-17-9/h3-4,6-7H,5H2,1-2H3. The number of hydrogen-bond acceptors (Lipinski definition) is 4. The van der Waals surface area contributed by atoms with Gasteiger partial charge in [-0.25, -0.2) is 18.7 Å². The molecule has 0 saturated carbocycles. The van der Waals surface area contributed by atoms with Crippen LogP contribution in [0.4, 0.5) is 8.78 Å². The molecule has 2 rings (SSSR count). The number of hydrogen-bond donors (Lipinski definition) is 0. The number of aromatic nitrogens is 2. The van der Waals surface area contributed by atoms with Crippen LogP contribution in [0.1, 0.15) is 21.6 Å². The van der Waals surface area contributed by atoms with Gasteiger partial charge in [-0.05, 0) is 18.6 Å². The highest BCUT2D eigenvalue weighted by atomic mass is 19.1. The van der Waals surface area contributed by atoms with Crippen molar-refractivity contribution in [1.29, 1.82) is 0 Å². The maximum absolute atomic E-state index is 13.8. The van der Waals surface area contributed by atoms with E-state index in [1.165, 1.54) is 32.5 Å².